The zero-order chi connectivity index (χ0) is 5.70. The van der Waals surface area contributed by atoms with Crippen molar-refractivity contribution in [2.24, 2.45) is 11.7 Å². The molecule has 0 atom stereocenters. The fraction of sp³-hybridized carbons (Fsp3) is 1.00. The van der Waals surface area contributed by atoms with Crippen LogP contribution in [-0.2, 0) is 0 Å². The van der Waals surface area contributed by atoms with Crippen molar-refractivity contribution in [2.45, 2.75) is 0 Å². The zero-order valence-electron chi connectivity index (χ0n) is 3.92. The summed E-state index contributed by atoms with van der Waals surface area (Å²) in [5.41, 5.74) is 0. The number of nitrogens with two attached hydrogens (primary N) is 2. The number of hydrogen-bond donors (Lipinski definition) is 3. The van der Waals surface area contributed by atoms with E-state index in [4.69, 9.17) is 11.7 Å². The Morgan fingerprint density at radius 2 is 2.29 bits per heavy atom. The Bertz CT molecular complexity index is 38.7. The lowest BCUT2D eigenvalue weighted by atomic mass is 11.5. The van der Waals surface area contributed by atoms with Gasteiger partial charge in [0.15, 0.2) is 0 Å². The molecule has 0 radical (unpaired) electrons. The second kappa shape index (κ2) is 4.69. The van der Waals surface area contributed by atoms with E-state index in [1.165, 1.54) is 26.4 Å². The van der Waals surface area contributed by atoms with Crippen molar-refractivity contribution in [3.8, 4) is 0 Å². The van der Waals surface area contributed by atoms with Crippen molar-refractivity contribution in [1.82, 2.24) is 9.25 Å². The third kappa shape index (κ3) is 6.54. The van der Waals surface area contributed by atoms with Crippen LogP contribution in [0.3, 0.4) is 0 Å². The molecule has 0 bridgehead atoms. The monoisotopic (exact) mass is 140 g/mol. The first-order chi connectivity index (χ1) is 3.27. The van der Waals surface area contributed by atoms with E-state index in [-0.39, 0.29) is 0 Å². The molecule has 44 valence electrons. The molecule has 0 aliphatic carbocycles. The van der Waals surface area contributed by atoms with Crippen molar-refractivity contribution in [3.05, 3.63) is 0 Å². The summed E-state index contributed by atoms with van der Waals surface area (Å²) in [6, 6.07) is 0. The van der Waals surface area contributed by atoms with E-state index < -0.39 is 0 Å². The molecule has 0 unspecified atom stereocenters. The Morgan fingerprint density at radius 3 is 2.43 bits per heavy atom. The zero-order valence-corrected chi connectivity index (χ0v) is 5.55. The fourth-order valence-corrected chi connectivity index (χ4v) is 0.723. The predicted octanol–water partition coefficient (Wildman–Crippen LogP) is -0.533. The van der Waals surface area contributed by atoms with Gasteiger partial charge in [-0.25, -0.2) is 0 Å². The fourth-order valence-electron chi connectivity index (χ4n) is 0.0803. The van der Waals surface area contributed by atoms with Crippen LogP contribution in [0, 0.1) is 0 Å². The number of nitrogens with zero attached hydrogens (tertiary/aromatic N) is 1. The second-order valence-corrected chi connectivity index (χ2v) is 2.90. The molecule has 0 amide bonds. The predicted molar refractivity (Wildman–Crippen MR) is 34.5 cm³/mol. The molecule has 7 heavy (non-hydrogen) atoms. The maximum atomic E-state index is 5.16. The molecule has 6 heteroatoms. The summed E-state index contributed by atoms with van der Waals surface area (Å²) in [4.78, 5) is 2.36. The molecule has 5 N–H and O–H groups in total. The van der Waals surface area contributed by atoms with Crippen LogP contribution in [0.15, 0.2) is 0 Å². The Kier molecular flexibility index (Phi) is 5.05. The molecule has 0 rings (SSSR count). The van der Waals surface area contributed by atoms with Gasteiger partial charge in [0.25, 0.3) is 0 Å². The van der Waals surface area contributed by atoms with Crippen molar-refractivity contribution in [2.75, 3.05) is 7.05 Å². The maximum absolute atomic E-state index is 5.16. The quantitative estimate of drug-likeness (QED) is 0.212. The molecule has 0 aromatic rings. The van der Waals surface area contributed by atoms with E-state index in [0.29, 0.717) is 0 Å². The molecular formula is CH8N4S2. The average Bonchev–Trinajstić information content (AvgIpc) is 1.61. The van der Waals surface area contributed by atoms with Crippen LogP contribution in [0.2, 0.25) is 0 Å². The summed E-state index contributed by atoms with van der Waals surface area (Å²) in [6.07, 6.45) is 0. The Balaban J connectivity index is 2.68. The van der Waals surface area contributed by atoms with Crippen LogP contribution < -0.4 is 16.5 Å². The van der Waals surface area contributed by atoms with Gasteiger partial charge in [0.2, 0.25) is 0 Å². The van der Waals surface area contributed by atoms with Crippen LogP contribution in [-0.4, -0.2) is 11.5 Å². The standard InChI is InChI=1S/CH8N4S2/c1-5(3)7-6-4-2/h4H,2-3H2,1H3. The van der Waals surface area contributed by atoms with Gasteiger partial charge in [-0.3, -0.25) is 11.7 Å². The van der Waals surface area contributed by atoms with Gasteiger partial charge in [-0.1, -0.05) is 0 Å². The molecule has 4 nitrogen and oxygen atoms in total. The smallest absolute Gasteiger partial charge is 0.0241 e. The maximum Gasteiger partial charge on any atom is 0.0241 e. The molecule has 0 spiro atoms. The lowest BCUT2D eigenvalue weighted by Gasteiger charge is -2.03. The molecule has 0 saturated heterocycles. The summed E-state index contributed by atoms with van der Waals surface area (Å²) in [6.45, 7) is 0. The second-order valence-electron chi connectivity index (χ2n) is 0.822. The highest BCUT2D eigenvalue weighted by molar-refractivity contribution is 8.75. The Morgan fingerprint density at radius 1 is 1.71 bits per heavy atom. The van der Waals surface area contributed by atoms with E-state index in [1.807, 2.05) is 0 Å². The number of hydrogen-bond acceptors (Lipinski definition) is 6. The molecule has 0 saturated carbocycles. The molecule has 0 heterocycles. The summed E-state index contributed by atoms with van der Waals surface area (Å²) in [7, 11) is 4.32. The van der Waals surface area contributed by atoms with Gasteiger partial charge in [0.1, 0.15) is 0 Å². The summed E-state index contributed by atoms with van der Waals surface area (Å²) < 4.78 is 1.45. The normalized spacial score (nSPS) is 10.3. The largest absolute Gasteiger partial charge is 0.261 e. The van der Waals surface area contributed by atoms with Gasteiger partial charge in [-0.05, 0) is 0 Å². The van der Waals surface area contributed by atoms with Crippen molar-refractivity contribution >= 4 is 22.0 Å². The average molecular weight is 140 g/mol. The van der Waals surface area contributed by atoms with E-state index in [0.717, 1.165) is 0 Å². The highest BCUT2D eigenvalue weighted by atomic mass is 33.1. The summed E-state index contributed by atoms with van der Waals surface area (Å²) >= 11 is 0. The molecule has 0 aliphatic heterocycles. The summed E-state index contributed by atoms with van der Waals surface area (Å²) in [5, 5.41) is 0. The topological polar surface area (TPSA) is 67.3 Å². The van der Waals surface area contributed by atoms with Gasteiger partial charge in [0.05, 0.1) is 0 Å². The van der Waals surface area contributed by atoms with Crippen LogP contribution in [0.1, 0.15) is 0 Å². The van der Waals surface area contributed by atoms with Gasteiger partial charge >= 0.3 is 0 Å². The van der Waals surface area contributed by atoms with Crippen LogP contribution >= 0.6 is 22.0 Å². The van der Waals surface area contributed by atoms with E-state index in [2.05, 4.69) is 4.83 Å². The lowest BCUT2D eigenvalue weighted by molar-refractivity contribution is 0.617. The first kappa shape index (κ1) is 7.54. The first-order valence-corrected chi connectivity index (χ1v) is 3.65. The third-order valence-electron chi connectivity index (χ3n) is 0.203. The minimum atomic E-state index is 1.26. The highest BCUT2D eigenvalue weighted by Crippen LogP contribution is 2.14. The molecule has 0 fully saturated rings. The third-order valence-corrected chi connectivity index (χ3v) is 1.83. The molecular weight excluding hydrogens is 132 g/mol. The van der Waals surface area contributed by atoms with E-state index >= 15 is 0 Å². The highest BCUT2D eigenvalue weighted by Gasteiger charge is 1.85. The minimum absolute atomic E-state index is 1.26. The summed E-state index contributed by atoms with van der Waals surface area (Å²) in [5.74, 6) is 10.0. The number of nitrogens with one attached hydrogen (secondary N) is 1. The lowest BCUT2D eigenvalue weighted by Crippen LogP contribution is -2.18. The van der Waals surface area contributed by atoms with Crippen molar-refractivity contribution < 1.29 is 0 Å². The molecule has 0 aliphatic rings. The van der Waals surface area contributed by atoms with Crippen LogP contribution in [0.4, 0.5) is 0 Å². The molecule has 0 aromatic carbocycles. The van der Waals surface area contributed by atoms with E-state index in [9.17, 15) is 0 Å². The van der Waals surface area contributed by atoms with Gasteiger partial charge < -0.3 is 0 Å². The van der Waals surface area contributed by atoms with Gasteiger partial charge in [0, 0.05) is 29.0 Å². The number of rotatable bonds is 3. The Labute approximate surface area is 50.6 Å². The first-order valence-electron chi connectivity index (χ1n) is 1.55. The van der Waals surface area contributed by atoms with Crippen molar-refractivity contribution in [1.29, 1.82) is 0 Å². The van der Waals surface area contributed by atoms with Gasteiger partial charge in [-0.2, -0.15) is 9.25 Å². The van der Waals surface area contributed by atoms with Crippen molar-refractivity contribution in [3.63, 3.8) is 0 Å². The molecule has 0 aromatic heterocycles. The number of hydrazine groups is 2. The Hall–Kier alpha value is 0.540. The minimum Gasteiger partial charge on any atom is -0.261 e. The van der Waals surface area contributed by atoms with Gasteiger partial charge in [-0.15, -0.1) is 0 Å². The van der Waals surface area contributed by atoms with Crippen LogP contribution in [0.5, 0.6) is 0 Å². The van der Waals surface area contributed by atoms with Crippen LogP contribution in [0.25, 0.3) is 0 Å². The van der Waals surface area contributed by atoms with E-state index in [1.54, 1.807) is 7.05 Å². The SMILES string of the molecule is CN(N)SSNN.